The van der Waals surface area contributed by atoms with Crippen molar-refractivity contribution in [2.75, 3.05) is 18.4 Å². The predicted molar refractivity (Wildman–Crippen MR) is 67.5 cm³/mol. The zero-order valence-corrected chi connectivity index (χ0v) is 10.1. The van der Waals surface area contributed by atoms with Gasteiger partial charge in [-0.1, -0.05) is 24.6 Å². The lowest BCUT2D eigenvalue weighted by Gasteiger charge is -2.12. The number of halogens is 1. The zero-order chi connectivity index (χ0) is 11.3. The smallest absolute Gasteiger partial charge is 0.0426 e. The summed E-state index contributed by atoms with van der Waals surface area (Å²) in [5.74, 6) is 0.567. The Labute approximate surface area is 96.8 Å². The molecule has 0 bridgehead atoms. The topological polar surface area (TPSA) is 38.0 Å². The van der Waals surface area contributed by atoms with E-state index in [2.05, 4.69) is 19.2 Å². The molecule has 15 heavy (non-hydrogen) atoms. The summed E-state index contributed by atoms with van der Waals surface area (Å²) in [5, 5.41) is 4.15. The lowest BCUT2D eigenvalue weighted by atomic mass is 10.1. The maximum absolute atomic E-state index is 5.93. The Hall–Kier alpha value is -0.730. The van der Waals surface area contributed by atoms with Crippen LogP contribution in [-0.2, 0) is 0 Å². The summed E-state index contributed by atoms with van der Waals surface area (Å²) < 4.78 is 0. The molecule has 0 aliphatic heterocycles. The van der Waals surface area contributed by atoms with Crippen molar-refractivity contribution in [1.29, 1.82) is 0 Å². The summed E-state index contributed by atoms with van der Waals surface area (Å²) in [6, 6.07) is 5.89. The highest BCUT2D eigenvalue weighted by Crippen LogP contribution is 2.20. The molecule has 0 heterocycles. The highest BCUT2D eigenvalue weighted by Gasteiger charge is 2.01. The molecule has 1 unspecified atom stereocenters. The molecule has 0 radical (unpaired) electrons. The van der Waals surface area contributed by atoms with Crippen LogP contribution in [0.3, 0.4) is 0 Å². The molecule has 0 amide bonds. The monoisotopic (exact) mass is 226 g/mol. The number of hydrogen-bond donors (Lipinski definition) is 2. The van der Waals surface area contributed by atoms with E-state index >= 15 is 0 Å². The van der Waals surface area contributed by atoms with Crippen molar-refractivity contribution in [3.05, 3.63) is 28.8 Å². The van der Waals surface area contributed by atoms with Gasteiger partial charge in [0.25, 0.3) is 0 Å². The second kappa shape index (κ2) is 5.99. The number of hydrogen-bond acceptors (Lipinski definition) is 2. The minimum absolute atomic E-state index is 0.567. The van der Waals surface area contributed by atoms with Crippen molar-refractivity contribution in [2.24, 2.45) is 11.7 Å². The van der Waals surface area contributed by atoms with Crippen LogP contribution in [0.15, 0.2) is 18.2 Å². The first-order valence-electron chi connectivity index (χ1n) is 5.33. The molecule has 0 fully saturated rings. The number of benzene rings is 1. The number of rotatable bonds is 5. The van der Waals surface area contributed by atoms with Gasteiger partial charge in [-0.3, -0.25) is 0 Å². The summed E-state index contributed by atoms with van der Waals surface area (Å²) in [4.78, 5) is 0. The fraction of sp³-hybridized carbons (Fsp3) is 0.500. The molecular formula is C12H19ClN2. The lowest BCUT2D eigenvalue weighted by molar-refractivity contribution is 0.561. The highest BCUT2D eigenvalue weighted by molar-refractivity contribution is 6.30. The van der Waals surface area contributed by atoms with Gasteiger partial charge in [-0.25, -0.2) is 0 Å². The van der Waals surface area contributed by atoms with E-state index in [1.165, 1.54) is 5.56 Å². The largest absolute Gasteiger partial charge is 0.385 e. The molecule has 1 aromatic carbocycles. The summed E-state index contributed by atoms with van der Waals surface area (Å²) >= 11 is 5.93. The first-order chi connectivity index (χ1) is 7.13. The van der Waals surface area contributed by atoms with Gasteiger partial charge >= 0.3 is 0 Å². The molecule has 2 nitrogen and oxygen atoms in total. The molecule has 1 rings (SSSR count). The molecule has 0 aromatic heterocycles. The first kappa shape index (κ1) is 12.3. The number of anilines is 1. The lowest BCUT2D eigenvalue weighted by Crippen LogP contribution is -2.15. The third-order valence-electron chi connectivity index (χ3n) is 2.55. The Morgan fingerprint density at radius 2 is 2.20 bits per heavy atom. The van der Waals surface area contributed by atoms with Gasteiger partial charge < -0.3 is 11.1 Å². The van der Waals surface area contributed by atoms with Crippen LogP contribution in [0.1, 0.15) is 18.9 Å². The second-order valence-corrected chi connectivity index (χ2v) is 4.45. The molecule has 0 spiro atoms. The van der Waals surface area contributed by atoms with Crippen LogP contribution in [0.25, 0.3) is 0 Å². The summed E-state index contributed by atoms with van der Waals surface area (Å²) in [6.45, 7) is 5.92. The fourth-order valence-electron chi connectivity index (χ4n) is 1.36. The summed E-state index contributed by atoms with van der Waals surface area (Å²) in [7, 11) is 0. The van der Waals surface area contributed by atoms with Crippen molar-refractivity contribution in [2.45, 2.75) is 20.3 Å². The van der Waals surface area contributed by atoms with Crippen LogP contribution in [0.4, 0.5) is 5.69 Å². The Bertz CT molecular complexity index is 312. The Balaban J connectivity index is 2.46. The van der Waals surface area contributed by atoms with Crippen LogP contribution in [0.2, 0.25) is 5.02 Å². The molecule has 3 heteroatoms. The van der Waals surface area contributed by atoms with E-state index in [0.29, 0.717) is 5.92 Å². The Morgan fingerprint density at radius 1 is 1.47 bits per heavy atom. The molecule has 3 N–H and O–H groups in total. The molecule has 0 aliphatic rings. The minimum Gasteiger partial charge on any atom is -0.385 e. The van der Waals surface area contributed by atoms with E-state index in [1.807, 2.05) is 18.2 Å². The molecular weight excluding hydrogens is 208 g/mol. The third-order valence-corrected chi connectivity index (χ3v) is 2.79. The SMILES string of the molecule is Cc1ccc(Cl)cc1NCCC(C)CN. The van der Waals surface area contributed by atoms with E-state index < -0.39 is 0 Å². The number of nitrogens with two attached hydrogens (primary N) is 1. The zero-order valence-electron chi connectivity index (χ0n) is 9.39. The van der Waals surface area contributed by atoms with E-state index in [9.17, 15) is 0 Å². The van der Waals surface area contributed by atoms with Crippen LogP contribution < -0.4 is 11.1 Å². The average molecular weight is 227 g/mol. The van der Waals surface area contributed by atoms with E-state index in [4.69, 9.17) is 17.3 Å². The molecule has 1 aromatic rings. The van der Waals surface area contributed by atoms with Gasteiger partial charge in [-0.05, 0) is 43.5 Å². The molecule has 0 saturated carbocycles. The Morgan fingerprint density at radius 3 is 2.87 bits per heavy atom. The van der Waals surface area contributed by atoms with E-state index in [0.717, 1.165) is 30.2 Å². The first-order valence-corrected chi connectivity index (χ1v) is 5.71. The van der Waals surface area contributed by atoms with Gasteiger partial charge in [0, 0.05) is 17.3 Å². The molecule has 1 atom stereocenters. The summed E-state index contributed by atoms with van der Waals surface area (Å²) in [6.07, 6.45) is 1.09. The van der Waals surface area contributed by atoms with Crippen LogP contribution in [-0.4, -0.2) is 13.1 Å². The molecule has 84 valence electrons. The van der Waals surface area contributed by atoms with Gasteiger partial charge in [0.2, 0.25) is 0 Å². The van der Waals surface area contributed by atoms with Crippen LogP contribution in [0.5, 0.6) is 0 Å². The van der Waals surface area contributed by atoms with Crippen molar-refractivity contribution < 1.29 is 0 Å². The van der Waals surface area contributed by atoms with Gasteiger partial charge in [0.15, 0.2) is 0 Å². The minimum atomic E-state index is 0.567. The number of nitrogens with one attached hydrogen (secondary N) is 1. The standard InChI is InChI=1S/C12H19ClN2/c1-9(8-14)5-6-15-12-7-11(13)4-3-10(12)2/h3-4,7,9,15H,5-6,8,14H2,1-2H3. The van der Waals surface area contributed by atoms with Crippen LogP contribution in [0, 0.1) is 12.8 Å². The number of aryl methyl sites for hydroxylation is 1. The average Bonchev–Trinajstić information content (AvgIpc) is 2.23. The maximum Gasteiger partial charge on any atom is 0.0426 e. The molecule has 0 aliphatic carbocycles. The van der Waals surface area contributed by atoms with Crippen molar-refractivity contribution in [3.8, 4) is 0 Å². The van der Waals surface area contributed by atoms with E-state index in [1.54, 1.807) is 0 Å². The van der Waals surface area contributed by atoms with Crippen molar-refractivity contribution >= 4 is 17.3 Å². The van der Waals surface area contributed by atoms with Gasteiger partial charge in [0.1, 0.15) is 0 Å². The van der Waals surface area contributed by atoms with Crippen LogP contribution >= 0.6 is 11.6 Å². The molecule has 0 saturated heterocycles. The van der Waals surface area contributed by atoms with Gasteiger partial charge in [-0.2, -0.15) is 0 Å². The second-order valence-electron chi connectivity index (χ2n) is 4.02. The van der Waals surface area contributed by atoms with E-state index in [-0.39, 0.29) is 0 Å². The maximum atomic E-state index is 5.93. The normalized spacial score (nSPS) is 12.5. The van der Waals surface area contributed by atoms with Gasteiger partial charge in [-0.15, -0.1) is 0 Å². The predicted octanol–water partition coefficient (Wildman–Crippen LogP) is 3.05. The third kappa shape index (κ3) is 4.10. The summed E-state index contributed by atoms with van der Waals surface area (Å²) in [5.41, 5.74) is 7.90. The Kier molecular flexibility index (Phi) is 4.92. The fourth-order valence-corrected chi connectivity index (χ4v) is 1.53. The van der Waals surface area contributed by atoms with Crippen molar-refractivity contribution in [1.82, 2.24) is 0 Å². The quantitative estimate of drug-likeness (QED) is 0.810. The highest BCUT2D eigenvalue weighted by atomic mass is 35.5. The van der Waals surface area contributed by atoms with Crippen molar-refractivity contribution in [3.63, 3.8) is 0 Å². The van der Waals surface area contributed by atoms with Gasteiger partial charge in [0.05, 0.1) is 0 Å².